The van der Waals surface area contributed by atoms with Crippen LogP contribution < -0.4 is 11.1 Å². The van der Waals surface area contributed by atoms with Crippen LogP contribution in [0.5, 0.6) is 0 Å². The maximum absolute atomic E-state index is 12.0. The summed E-state index contributed by atoms with van der Waals surface area (Å²) in [6.07, 6.45) is 1.80. The molecule has 2 atom stereocenters. The first-order valence-electron chi connectivity index (χ1n) is 5.50. The van der Waals surface area contributed by atoms with Gasteiger partial charge in [0.2, 0.25) is 12.3 Å². The number of carbonyl (C=O) groups is 1. The molecule has 1 aromatic heterocycles. The maximum atomic E-state index is 12.0. The number of nitrogens with two attached hydrogens (primary N) is 1. The van der Waals surface area contributed by atoms with Crippen LogP contribution in [0.2, 0.25) is 0 Å². The molecule has 0 bridgehead atoms. The average molecular weight is 240 g/mol. The van der Waals surface area contributed by atoms with Crippen LogP contribution in [0, 0.1) is 5.41 Å². The Bertz CT molecular complexity index is 381. The van der Waals surface area contributed by atoms with Crippen LogP contribution in [-0.4, -0.2) is 41.8 Å². The number of hydrogen-bond donors (Lipinski definition) is 2. The number of amides is 1. The van der Waals surface area contributed by atoms with Crippen LogP contribution >= 0.6 is 0 Å². The molecule has 1 fully saturated rings. The van der Waals surface area contributed by atoms with Crippen molar-refractivity contribution in [3.8, 4) is 0 Å². The van der Waals surface area contributed by atoms with Crippen LogP contribution in [0.4, 0.5) is 0 Å². The summed E-state index contributed by atoms with van der Waals surface area (Å²) >= 11 is 0. The second-order valence-corrected chi connectivity index (χ2v) is 4.39. The minimum atomic E-state index is -0.642. The van der Waals surface area contributed by atoms with Gasteiger partial charge in [-0.3, -0.25) is 4.79 Å². The van der Waals surface area contributed by atoms with E-state index in [4.69, 9.17) is 10.5 Å². The third kappa shape index (κ3) is 2.45. The summed E-state index contributed by atoms with van der Waals surface area (Å²) in [5, 5.41) is 6.47. The molecule has 0 spiro atoms. The highest BCUT2D eigenvalue weighted by Gasteiger charge is 2.44. The Labute approximate surface area is 98.7 Å². The summed E-state index contributed by atoms with van der Waals surface area (Å²) in [5.41, 5.74) is 5.21. The second-order valence-electron chi connectivity index (χ2n) is 4.39. The zero-order valence-corrected chi connectivity index (χ0v) is 9.68. The molecule has 7 heteroatoms. The smallest absolute Gasteiger partial charge is 0.229 e. The van der Waals surface area contributed by atoms with Gasteiger partial charge in [0, 0.05) is 19.0 Å². The zero-order chi connectivity index (χ0) is 12.3. The van der Waals surface area contributed by atoms with Gasteiger partial charge in [0.1, 0.15) is 0 Å². The van der Waals surface area contributed by atoms with Gasteiger partial charge in [-0.05, 0) is 6.92 Å². The summed E-state index contributed by atoms with van der Waals surface area (Å²) in [6.45, 7) is 3.06. The van der Waals surface area contributed by atoms with Crippen molar-refractivity contribution >= 4 is 5.91 Å². The van der Waals surface area contributed by atoms with Crippen LogP contribution in [0.3, 0.4) is 0 Å². The highest BCUT2D eigenvalue weighted by atomic mass is 16.5. The van der Waals surface area contributed by atoms with Gasteiger partial charge in [-0.15, -0.1) is 0 Å². The summed E-state index contributed by atoms with van der Waals surface area (Å²) in [7, 11) is 0. The fourth-order valence-electron chi connectivity index (χ4n) is 1.72. The first-order valence-corrected chi connectivity index (χ1v) is 5.50. The van der Waals surface area contributed by atoms with Crippen molar-refractivity contribution in [1.29, 1.82) is 0 Å². The minimum Gasteiger partial charge on any atom is -0.379 e. The Kier molecular flexibility index (Phi) is 3.39. The molecule has 7 nitrogen and oxygen atoms in total. The van der Waals surface area contributed by atoms with E-state index in [1.165, 1.54) is 6.39 Å². The van der Waals surface area contributed by atoms with E-state index in [1.54, 1.807) is 0 Å². The normalized spacial score (nSPS) is 28.2. The highest BCUT2D eigenvalue weighted by Crippen LogP contribution is 2.26. The van der Waals surface area contributed by atoms with Gasteiger partial charge in [0.25, 0.3) is 0 Å². The number of nitrogens with one attached hydrogen (secondary N) is 1. The molecule has 2 rings (SSSR count). The second kappa shape index (κ2) is 4.80. The minimum absolute atomic E-state index is 0.0917. The highest BCUT2D eigenvalue weighted by molar-refractivity contribution is 5.83. The third-order valence-corrected chi connectivity index (χ3v) is 3.08. The lowest BCUT2D eigenvalue weighted by molar-refractivity contribution is -0.130. The molecular formula is C10H16N4O3. The molecule has 1 amide bonds. The topological polar surface area (TPSA) is 103 Å². The fourth-order valence-corrected chi connectivity index (χ4v) is 1.72. The molecule has 0 saturated carbocycles. The standard InChI is InChI=1S/C10H16N4O3/c1-10(5-16-4-7(10)11)9(15)12-3-2-8-13-6-17-14-8/h6-7H,2-5,11H2,1H3,(H,12,15). The Morgan fingerprint density at radius 1 is 1.76 bits per heavy atom. The van der Waals surface area contributed by atoms with Gasteiger partial charge in [0.05, 0.1) is 18.6 Å². The third-order valence-electron chi connectivity index (χ3n) is 3.08. The Morgan fingerprint density at radius 2 is 2.59 bits per heavy atom. The number of rotatable bonds is 4. The summed E-state index contributed by atoms with van der Waals surface area (Å²) in [6, 6.07) is -0.257. The van der Waals surface area contributed by atoms with Gasteiger partial charge < -0.3 is 20.3 Å². The largest absolute Gasteiger partial charge is 0.379 e. The lowest BCUT2D eigenvalue weighted by Crippen LogP contribution is -2.50. The first-order chi connectivity index (χ1) is 8.13. The predicted octanol–water partition coefficient (Wildman–Crippen LogP) is -0.908. The molecule has 94 valence electrons. The van der Waals surface area contributed by atoms with Crippen LogP contribution in [0.25, 0.3) is 0 Å². The van der Waals surface area contributed by atoms with Crippen molar-refractivity contribution < 1.29 is 14.1 Å². The molecule has 1 aliphatic heterocycles. The van der Waals surface area contributed by atoms with Gasteiger partial charge in [-0.2, -0.15) is 4.98 Å². The molecule has 1 aromatic rings. The van der Waals surface area contributed by atoms with Crippen molar-refractivity contribution in [3.05, 3.63) is 12.2 Å². The predicted molar refractivity (Wildman–Crippen MR) is 57.9 cm³/mol. The molecular weight excluding hydrogens is 224 g/mol. The van der Waals surface area contributed by atoms with E-state index in [-0.39, 0.29) is 11.9 Å². The lowest BCUT2D eigenvalue weighted by atomic mass is 9.85. The summed E-state index contributed by atoms with van der Waals surface area (Å²) < 4.78 is 9.82. The van der Waals surface area contributed by atoms with Crippen molar-refractivity contribution in [1.82, 2.24) is 15.5 Å². The van der Waals surface area contributed by atoms with E-state index in [0.29, 0.717) is 32.0 Å². The molecule has 3 N–H and O–H groups in total. The average Bonchev–Trinajstić information content (AvgIpc) is 2.91. The number of ether oxygens (including phenoxy) is 1. The molecule has 17 heavy (non-hydrogen) atoms. The zero-order valence-electron chi connectivity index (χ0n) is 9.68. The number of hydrogen-bond acceptors (Lipinski definition) is 6. The number of nitrogens with zero attached hydrogens (tertiary/aromatic N) is 2. The van der Waals surface area contributed by atoms with E-state index in [9.17, 15) is 4.79 Å². The molecule has 2 unspecified atom stereocenters. The lowest BCUT2D eigenvalue weighted by Gasteiger charge is -2.25. The Hall–Kier alpha value is -1.47. The van der Waals surface area contributed by atoms with E-state index in [0.717, 1.165) is 0 Å². The molecule has 2 heterocycles. The van der Waals surface area contributed by atoms with Gasteiger partial charge in [-0.25, -0.2) is 0 Å². The Morgan fingerprint density at radius 3 is 3.18 bits per heavy atom. The van der Waals surface area contributed by atoms with Crippen molar-refractivity contribution in [2.75, 3.05) is 19.8 Å². The van der Waals surface area contributed by atoms with Crippen molar-refractivity contribution in [2.45, 2.75) is 19.4 Å². The summed E-state index contributed by atoms with van der Waals surface area (Å²) in [4.78, 5) is 15.8. The van der Waals surface area contributed by atoms with E-state index in [2.05, 4.69) is 20.0 Å². The maximum Gasteiger partial charge on any atom is 0.229 e. The molecule has 1 saturated heterocycles. The molecule has 0 aliphatic carbocycles. The van der Waals surface area contributed by atoms with Crippen LogP contribution in [0.15, 0.2) is 10.9 Å². The Balaban J connectivity index is 1.81. The van der Waals surface area contributed by atoms with Crippen LogP contribution in [0.1, 0.15) is 12.7 Å². The first kappa shape index (κ1) is 12.0. The van der Waals surface area contributed by atoms with E-state index >= 15 is 0 Å². The molecule has 0 radical (unpaired) electrons. The quantitative estimate of drug-likeness (QED) is 0.706. The van der Waals surface area contributed by atoms with Crippen molar-refractivity contribution in [3.63, 3.8) is 0 Å². The van der Waals surface area contributed by atoms with Crippen molar-refractivity contribution in [2.24, 2.45) is 11.1 Å². The SMILES string of the molecule is CC1(C(=O)NCCc2ncon2)COCC1N. The van der Waals surface area contributed by atoms with Gasteiger partial charge >= 0.3 is 0 Å². The van der Waals surface area contributed by atoms with E-state index < -0.39 is 5.41 Å². The van der Waals surface area contributed by atoms with Gasteiger partial charge in [-0.1, -0.05) is 5.16 Å². The fraction of sp³-hybridized carbons (Fsp3) is 0.700. The monoisotopic (exact) mass is 240 g/mol. The van der Waals surface area contributed by atoms with Gasteiger partial charge in [0.15, 0.2) is 5.82 Å². The van der Waals surface area contributed by atoms with Crippen LogP contribution in [-0.2, 0) is 16.0 Å². The molecule has 0 aromatic carbocycles. The van der Waals surface area contributed by atoms with E-state index in [1.807, 2.05) is 6.92 Å². The number of carbonyl (C=O) groups excluding carboxylic acids is 1. The summed E-state index contributed by atoms with van der Waals surface area (Å²) in [5.74, 6) is 0.480. The number of aromatic nitrogens is 2. The molecule has 1 aliphatic rings.